The average Bonchev–Trinajstić information content (AvgIpc) is 3.17. The monoisotopic (exact) mass is 291 g/mol. The first kappa shape index (κ1) is 13.3. The third-order valence-corrected chi connectivity index (χ3v) is 4.61. The Hall–Kier alpha value is -1.73. The van der Waals surface area contributed by atoms with E-state index in [1.165, 1.54) is 11.3 Å². The molecule has 106 valence electrons. The number of nitrogens with zero attached hydrogens (tertiary/aromatic N) is 4. The first-order valence-electron chi connectivity index (χ1n) is 6.65. The van der Waals surface area contributed by atoms with Gasteiger partial charge in [-0.2, -0.15) is 5.10 Å². The van der Waals surface area contributed by atoms with Crippen LogP contribution in [-0.2, 0) is 7.05 Å². The van der Waals surface area contributed by atoms with E-state index in [9.17, 15) is 4.79 Å². The highest BCUT2D eigenvalue weighted by molar-refractivity contribution is 7.16. The average molecular weight is 291 g/mol. The summed E-state index contributed by atoms with van der Waals surface area (Å²) in [5.74, 6) is 0.0468. The summed E-state index contributed by atoms with van der Waals surface area (Å²) in [7, 11) is 1.86. The fraction of sp³-hybridized carbons (Fsp3) is 0.462. The lowest BCUT2D eigenvalue weighted by atomic mass is 10.2. The molecule has 0 aliphatic carbocycles. The Labute approximate surface area is 121 Å². The first-order valence-corrected chi connectivity index (χ1v) is 7.46. The summed E-state index contributed by atoms with van der Waals surface area (Å²) in [5.41, 5.74) is 6.66. The molecule has 1 aliphatic heterocycles. The molecule has 3 rings (SSSR count). The van der Waals surface area contributed by atoms with E-state index in [1.807, 2.05) is 18.1 Å². The van der Waals surface area contributed by atoms with Crippen LogP contribution in [0.25, 0.3) is 10.6 Å². The minimum Gasteiger partial charge on any atom is -0.334 e. The van der Waals surface area contributed by atoms with Crippen molar-refractivity contribution in [2.75, 3.05) is 13.1 Å². The lowest BCUT2D eigenvalue weighted by Gasteiger charge is -2.22. The molecule has 0 aromatic carbocycles. The summed E-state index contributed by atoms with van der Waals surface area (Å²) in [6, 6.07) is 0.173. The number of amides is 1. The number of hydrogen-bond acceptors (Lipinski definition) is 5. The molecule has 1 fully saturated rings. The highest BCUT2D eigenvalue weighted by atomic mass is 32.1. The van der Waals surface area contributed by atoms with Gasteiger partial charge in [-0.05, 0) is 12.8 Å². The van der Waals surface area contributed by atoms with Gasteiger partial charge in [0.15, 0.2) is 0 Å². The van der Waals surface area contributed by atoms with Crippen molar-refractivity contribution in [3.63, 3.8) is 0 Å². The van der Waals surface area contributed by atoms with Crippen LogP contribution in [0.3, 0.4) is 0 Å². The molecule has 1 saturated heterocycles. The third-order valence-electron chi connectivity index (χ3n) is 3.58. The fourth-order valence-electron chi connectivity index (χ4n) is 2.53. The number of thiazole rings is 1. The minimum absolute atomic E-state index is 0.0468. The normalized spacial score (nSPS) is 18.7. The standard InChI is InChI=1S/C13H17N5OS/c1-17-8-9(6-16-17)12-15-7-11(20-12)13(19)18-4-2-3-10(18)5-14/h6-8,10H,2-5,14H2,1H3. The molecule has 1 aliphatic rings. The maximum Gasteiger partial charge on any atom is 0.265 e. The van der Waals surface area contributed by atoms with Crippen LogP contribution in [0.2, 0.25) is 0 Å². The van der Waals surface area contributed by atoms with Crippen LogP contribution in [0.1, 0.15) is 22.5 Å². The Morgan fingerprint density at radius 1 is 1.55 bits per heavy atom. The van der Waals surface area contributed by atoms with Gasteiger partial charge in [0.2, 0.25) is 0 Å². The summed E-state index contributed by atoms with van der Waals surface area (Å²) in [6.07, 6.45) is 7.33. The van der Waals surface area contributed by atoms with E-state index < -0.39 is 0 Å². The van der Waals surface area contributed by atoms with E-state index in [-0.39, 0.29) is 11.9 Å². The second kappa shape index (κ2) is 5.34. The molecule has 1 amide bonds. The Bertz CT molecular complexity index is 620. The lowest BCUT2D eigenvalue weighted by molar-refractivity contribution is 0.0746. The van der Waals surface area contributed by atoms with E-state index in [0.717, 1.165) is 30.0 Å². The first-order chi connectivity index (χ1) is 9.69. The van der Waals surface area contributed by atoms with Crippen LogP contribution < -0.4 is 5.73 Å². The molecular weight excluding hydrogens is 274 g/mol. The number of carbonyl (C=O) groups is 1. The summed E-state index contributed by atoms with van der Waals surface area (Å²) < 4.78 is 1.73. The molecule has 0 saturated carbocycles. The van der Waals surface area contributed by atoms with Crippen molar-refractivity contribution in [1.29, 1.82) is 0 Å². The number of nitrogens with two attached hydrogens (primary N) is 1. The van der Waals surface area contributed by atoms with Crippen molar-refractivity contribution in [3.8, 4) is 10.6 Å². The maximum absolute atomic E-state index is 12.5. The zero-order chi connectivity index (χ0) is 14.1. The van der Waals surface area contributed by atoms with Crippen molar-refractivity contribution in [3.05, 3.63) is 23.5 Å². The minimum atomic E-state index is 0.0468. The smallest absolute Gasteiger partial charge is 0.265 e. The van der Waals surface area contributed by atoms with Crippen molar-refractivity contribution in [1.82, 2.24) is 19.7 Å². The van der Waals surface area contributed by atoms with E-state index in [2.05, 4.69) is 10.1 Å². The predicted octanol–water partition coefficient (Wildman–Crippen LogP) is 1.11. The fourth-order valence-corrected chi connectivity index (χ4v) is 3.37. The molecule has 0 radical (unpaired) electrons. The quantitative estimate of drug-likeness (QED) is 0.919. The van der Waals surface area contributed by atoms with Gasteiger partial charge in [0, 0.05) is 37.9 Å². The van der Waals surface area contributed by atoms with E-state index in [4.69, 9.17) is 5.73 Å². The molecule has 2 N–H and O–H groups in total. The Morgan fingerprint density at radius 3 is 3.10 bits per heavy atom. The van der Waals surface area contributed by atoms with Crippen molar-refractivity contribution >= 4 is 17.2 Å². The summed E-state index contributed by atoms with van der Waals surface area (Å²) in [6.45, 7) is 1.32. The van der Waals surface area contributed by atoms with Crippen LogP contribution >= 0.6 is 11.3 Å². The van der Waals surface area contributed by atoms with E-state index in [1.54, 1.807) is 17.1 Å². The van der Waals surface area contributed by atoms with Gasteiger partial charge in [0.25, 0.3) is 5.91 Å². The van der Waals surface area contributed by atoms with Crippen molar-refractivity contribution < 1.29 is 4.79 Å². The van der Waals surface area contributed by atoms with Crippen LogP contribution in [0.5, 0.6) is 0 Å². The molecule has 3 heterocycles. The number of aryl methyl sites for hydroxylation is 1. The molecule has 0 spiro atoms. The topological polar surface area (TPSA) is 77.0 Å². The number of likely N-dealkylation sites (tertiary alicyclic amines) is 1. The van der Waals surface area contributed by atoms with Gasteiger partial charge < -0.3 is 10.6 Å². The third kappa shape index (κ3) is 2.34. The Balaban J connectivity index is 1.81. The van der Waals surface area contributed by atoms with Gasteiger partial charge in [0.05, 0.1) is 12.4 Å². The largest absolute Gasteiger partial charge is 0.334 e. The predicted molar refractivity (Wildman–Crippen MR) is 77.4 cm³/mol. The maximum atomic E-state index is 12.5. The van der Waals surface area contributed by atoms with Crippen LogP contribution in [0.15, 0.2) is 18.6 Å². The summed E-state index contributed by atoms with van der Waals surface area (Å²) in [5, 5.41) is 4.95. The number of carbonyl (C=O) groups excluding carboxylic acids is 1. The van der Waals surface area contributed by atoms with Crippen LogP contribution in [0, 0.1) is 0 Å². The van der Waals surface area contributed by atoms with Gasteiger partial charge in [-0.3, -0.25) is 9.48 Å². The van der Waals surface area contributed by atoms with E-state index >= 15 is 0 Å². The molecule has 2 aromatic rings. The zero-order valence-electron chi connectivity index (χ0n) is 11.3. The van der Waals surface area contributed by atoms with Gasteiger partial charge in [-0.1, -0.05) is 0 Å². The second-order valence-electron chi connectivity index (χ2n) is 4.96. The molecule has 0 bridgehead atoms. The van der Waals surface area contributed by atoms with Gasteiger partial charge in [-0.25, -0.2) is 4.98 Å². The van der Waals surface area contributed by atoms with Gasteiger partial charge in [0.1, 0.15) is 9.88 Å². The van der Waals surface area contributed by atoms with Crippen LogP contribution in [-0.4, -0.2) is 44.7 Å². The summed E-state index contributed by atoms with van der Waals surface area (Å²) >= 11 is 1.41. The Morgan fingerprint density at radius 2 is 2.40 bits per heavy atom. The summed E-state index contributed by atoms with van der Waals surface area (Å²) in [4.78, 5) is 19.4. The molecule has 20 heavy (non-hydrogen) atoms. The van der Waals surface area contributed by atoms with E-state index in [0.29, 0.717) is 11.4 Å². The molecule has 7 heteroatoms. The second-order valence-corrected chi connectivity index (χ2v) is 5.99. The highest BCUT2D eigenvalue weighted by Gasteiger charge is 2.29. The lowest BCUT2D eigenvalue weighted by Crippen LogP contribution is -2.39. The molecular formula is C13H17N5OS. The molecule has 2 aromatic heterocycles. The Kier molecular flexibility index (Phi) is 3.54. The van der Waals surface area contributed by atoms with Crippen molar-refractivity contribution in [2.24, 2.45) is 12.8 Å². The zero-order valence-corrected chi connectivity index (χ0v) is 12.1. The van der Waals surface area contributed by atoms with Crippen LogP contribution in [0.4, 0.5) is 0 Å². The van der Waals surface area contributed by atoms with Gasteiger partial charge >= 0.3 is 0 Å². The molecule has 6 nitrogen and oxygen atoms in total. The number of rotatable bonds is 3. The molecule has 1 unspecified atom stereocenters. The number of aromatic nitrogens is 3. The highest BCUT2D eigenvalue weighted by Crippen LogP contribution is 2.27. The molecule has 1 atom stereocenters. The van der Waals surface area contributed by atoms with Crippen molar-refractivity contribution in [2.45, 2.75) is 18.9 Å². The van der Waals surface area contributed by atoms with Gasteiger partial charge in [-0.15, -0.1) is 11.3 Å². The SMILES string of the molecule is Cn1cc(-c2ncc(C(=O)N3CCCC3CN)s2)cn1. The number of hydrogen-bond donors (Lipinski definition) is 1.